The molecule has 1 aliphatic heterocycles. The Hall–Kier alpha value is -5.20. The number of carbonyl (C=O) groups is 4. The molecule has 0 aliphatic carbocycles. The Morgan fingerprint density at radius 3 is 1.81 bits per heavy atom. The number of pyridine rings is 2. The Morgan fingerprint density at radius 2 is 1.12 bits per heavy atom. The molecule has 67 heavy (non-hydrogen) atoms. The van der Waals surface area contributed by atoms with Crippen LogP contribution in [0.25, 0.3) is 38.1 Å². The fraction of sp³-hybridized carbons (Fsp3) is 0.260. The second-order valence-corrected chi connectivity index (χ2v) is 17.5. The van der Waals surface area contributed by atoms with Gasteiger partial charge in [-0.1, -0.05) is 71.6 Å². The molecule has 17 heteroatoms. The largest absolute Gasteiger partial charge is 1.00 e. The molecular formula is C50H53Br3N4O8S2. The highest BCUT2D eigenvalue weighted by molar-refractivity contribution is 8.03. The van der Waals surface area contributed by atoms with Crippen LogP contribution in [0.1, 0.15) is 61.9 Å². The fourth-order valence-electron chi connectivity index (χ4n) is 7.52. The average Bonchev–Trinajstić information content (AvgIpc) is 3.80. The monoisotopic (exact) mass is 1140 g/mol. The zero-order valence-electron chi connectivity index (χ0n) is 36.8. The van der Waals surface area contributed by atoms with Crippen LogP contribution in [0, 0.1) is 6.92 Å². The molecular weight excluding hydrogens is 1090 g/mol. The van der Waals surface area contributed by atoms with E-state index in [0.717, 1.165) is 70.4 Å². The zero-order valence-corrected chi connectivity index (χ0v) is 43.2. The van der Waals surface area contributed by atoms with Crippen LogP contribution in [0.2, 0.25) is 0 Å². The van der Waals surface area contributed by atoms with E-state index in [4.69, 9.17) is 20.4 Å². The number of aliphatic carboxylic acids is 4. The van der Waals surface area contributed by atoms with Gasteiger partial charge in [-0.15, -0.1) is 0 Å². The van der Waals surface area contributed by atoms with Crippen molar-refractivity contribution in [3.8, 4) is 0 Å². The predicted molar refractivity (Wildman–Crippen MR) is 250 cm³/mol. The third kappa shape index (κ3) is 16.2. The first-order chi connectivity index (χ1) is 31.0. The number of thioether (sulfide) groups is 1. The number of aromatic nitrogens is 3. The summed E-state index contributed by atoms with van der Waals surface area (Å²) in [6, 6.07) is 38.6. The molecule has 0 bridgehead atoms. The van der Waals surface area contributed by atoms with E-state index in [2.05, 4.69) is 52.8 Å². The molecule has 0 fully saturated rings. The van der Waals surface area contributed by atoms with Crippen LogP contribution in [0.4, 0.5) is 5.69 Å². The van der Waals surface area contributed by atoms with Crippen molar-refractivity contribution >= 4 is 90.8 Å². The van der Waals surface area contributed by atoms with E-state index in [0.29, 0.717) is 19.5 Å². The summed E-state index contributed by atoms with van der Waals surface area (Å²) in [5.41, 5.74) is 5.54. The number of carboxylic acid groups (broad SMARTS) is 4. The third-order valence-corrected chi connectivity index (χ3v) is 12.8. The van der Waals surface area contributed by atoms with Gasteiger partial charge in [0, 0.05) is 73.3 Å². The summed E-state index contributed by atoms with van der Waals surface area (Å²) in [5.74, 6) is -3.05. The number of nitrogens with zero attached hydrogens (tertiary/aromatic N) is 4. The molecule has 3 aromatic heterocycles. The SMILES string of the molecule is Cc1sc2ccccc2[n+]1CCCCC(=O)O.O=C(O)CCCCN1/C(=C/c2cc[n+](CCC(=O)O)c3ccccc23)Sc2ccccc21.O=C(O)CC[n+]1cccc2ccccc21.[Br-].[Br-].[Br-]. The van der Waals surface area contributed by atoms with Crippen LogP contribution >= 0.6 is 23.1 Å². The molecule has 354 valence electrons. The number of benzene rings is 4. The maximum Gasteiger partial charge on any atom is 0.309 e. The number of hydrogen-bond donors (Lipinski definition) is 4. The van der Waals surface area contributed by atoms with Crippen LogP contribution in [-0.4, -0.2) is 50.8 Å². The number of carboxylic acids is 4. The molecule has 0 radical (unpaired) electrons. The molecule has 12 nitrogen and oxygen atoms in total. The first-order valence-electron chi connectivity index (χ1n) is 21.3. The Morgan fingerprint density at radius 1 is 0.567 bits per heavy atom. The van der Waals surface area contributed by atoms with E-state index < -0.39 is 23.9 Å². The highest BCUT2D eigenvalue weighted by atomic mass is 79.9. The highest BCUT2D eigenvalue weighted by Crippen LogP contribution is 2.46. The molecule has 0 atom stereocenters. The number of halogens is 3. The molecule has 7 aromatic rings. The molecule has 4 N–H and O–H groups in total. The van der Waals surface area contributed by atoms with Crippen LogP contribution in [0.5, 0.6) is 0 Å². The van der Waals surface area contributed by atoms with Gasteiger partial charge in [0.25, 0.3) is 0 Å². The lowest BCUT2D eigenvalue weighted by atomic mass is 10.1. The number of hydrogen-bond acceptors (Lipinski definition) is 7. The second-order valence-electron chi connectivity index (χ2n) is 15.2. The number of rotatable bonds is 17. The van der Waals surface area contributed by atoms with Gasteiger partial charge < -0.3 is 76.3 Å². The number of aryl methyl sites for hydroxylation is 4. The zero-order chi connectivity index (χ0) is 45.4. The molecule has 0 amide bonds. The van der Waals surface area contributed by atoms with E-state index in [9.17, 15) is 19.2 Å². The Balaban J connectivity index is 0.000000288. The quantitative estimate of drug-likeness (QED) is 0.0730. The van der Waals surface area contributed by atoms with E-state index >= 15 is 0 Å². The molecule has 0 saturated carbocycles. The lowest BCUT2D eigenvalue weighted by Crippen LogP contribution is -3.00. The Bertz CT molecular complexity index is 2800. The van der Waals surface area contributed by atoms with Crippen molar-refractivity contribution in [1.29, 1.82) is 0 Å². The number of anilines is 1. The minimum atomic E-state index is -0.813. The Labute approximate surface area is 429 Å². The molecule has 4 aromatic carbocycles. The van der Waals surface area contributed by atoms with Gasteiger partial charge in [0.05, 0.1) is 16.1 Å². The van der Waals surface area contributed by atoms with Gasteiger partial charge in [-0.25, -0.2) is 0 Å². The molecule has 1 aliphatic rings. The lowest BCUT2D eigenvalue weighted by molar-refractivity contribution is -0.673. The molecule has 0 unspecified atom stereocenters. The Kier molecular flexibility index (Phi) is 23.6. The van der Waals surface area contributed by atoms with Gasteiger partial charge in [-0.05, 0) is 67.3 Å². The fourth-order valence-corrected chi connectivity index (χ4v) is 9.71. The summed E-state index contributed by atoms with van der Waals surface area (Å²) in [5, 5.41) is 39.8. The number of fused-ring (bicyclic) bond motifs is 4. The average molecular weight is 1140 g/mol. The normalized spacial score (nSPS) is 11.8. The van der Waals surface area contributed by atoms with Crippen molar-refractivity contribution in [2.45, 2.75) is 82.8 Å². The maximum atomic E-state index is 11.0. The van der Waals surface area contributed by atoms with Crippen molar-refractivity contribution in [1.82, 2.24) is 0 Å². The first-order valence-corrected chi connectivity index (χ1v) is 22.9. The summed E-state index contributed by atoms with van der Waals surface area (Å²) >= 11 is 3.51. The topological polar surface area (TPSA) is 164 Å². The summed E-state index contributed by atoms with van der Waals surface area (Å²) in [6.07, 6.45) is 9.79. The predicted octanol–water partition coefficient (Wildman–Crippen LogP) is 0.134. The number of para-hydroxylation sites is 4. The lowest BCUT2D eigenvalue weighted by Gasteiger charge is -2.20. The van der Waals surface area contributed by atoms with Gasteiger partial charge in [0.2, 0.25) is 21.6 Å². The van der Waals surface area contributed by atoms with E-state index in [1.807, 2.05) is 106 Å². The first kappa shape index (κ1) is 56.1. The van der Waals surface area contributed by atoms with Crippen LogP contribution in [-0.2, 0) is 38.8 Å². The van der Waals surface area contributed by atoms with Crippen molar-refractivity contribution in [3.63, 3.8) is 0 Å². The minimum absolute atomic E-state index is 0. The highest BCUT2D eigenvalue weighted by Gasteiger charge is 2.25. The second kappa shape index (κ2) is 28.2. The molecule has 4 heterocycles. The number of unbranched alkanes of at least 4 members (excludes halogenated alkanes) is 2. The molecule has 8 rings (SSSR count). The van der Waals surface area contributed by atoms with E-state index in [-0.39, 0.29) is 76.6 Å². The van der Waals surface area contributed by atoms with Crippen molar-refractivity contribution in [2.75, 3.05) is 11.4 Å². The van der Waals surface area contributed by atoms with Crippen molar-refractivity contribution < 1.29 is 104 Å². The van der Waals surface area contributed by atoms with Gasteiger partial charge in [0.15, 0.2) is 25.5 Å². The summed E-state index contributed by atoms with van der Waals surface area (Å²) in [7, 11) is 0. The van der Waals surface area contributed by atoms with Gasteiger partial charge in [0.1, 0.15) is 24.1 Å². The number of thiazole rings is 1. The summed E-state index contributed by atoms with van der Waals surface area (Å²) in [6.45, 7) is 4.71. The smallest absolute Gasteiger partial charge is 0.309 e. The van der Waals surface area contributed by atoms with E-state index in [1.165, 1.54) is 20.1 Å². The van der Waals surface area contributed by atoms with Crippen LogP contribution < -0.4 is 69.5 Å². The van der Waals surface area contributed by atoms with Gasteiger partial charge >= 0.3 is 23.9 Å². The summed E-state index contributed by atoms with van der Waals surface area (Å²) in [4.78, 5) is 46.3. The van der Waals surface area contributed by atoms with Crippen molar-refractivity contribution in [2.24, 2.45) is 0 Å². The third-order valence-electron chi connectivity index (χ3n) is 10.6. The van der Waals surface area contributed by atoms with Crippen molar-refractivity contribution in [3.05, 3.63) is 143 Å². The van der Waals surface area contributed by atoms with Crippen LogP contribution in [0.15, 0.2) is 138 Å². The van der Waals surface area contributed by atoms with Gasteiger partial charge in [-0.3, -0.25) is 19.2 Å². The molecule has 0 saturated heterocycles. The summed E-state index contributed by atoms with van der Waals surface area (Å²) < 4.78 is 7.51. The van der Waals surface area contributed by atoms with E-state index in [1.54, 1.807) is 23.1 Å². The molecule has 0 spiro atoms. The standard InChI is InChI=1S/C25H24N2O4S.C13H15NO2S.C12H11NO2.3BrH/c28-24(29)11-5-6-14-27-21-9-3-4-10-22(21)32-23(27)17-18-12-15-26(16-13-25(30)31)20-8-2-1-7-19(18)20;1-10-14(9-5-4-8-13(15)16)11-6-2-3-7-12(11)17-10;14-12(15)7-9-13-8-3-5-10-4-1-2-6-11(10)13;;;/h1-4,7-10,12,15,17H,5-6,11,13-14,16H2,(H-,28,29,30,31);2-3,6-7H,4-5,8-9H2,1H3;1-6,8H,7,9H2;3*1H. The maximum absolute atomic E-state index is 11.0. The van der Waals surface area contributed by atoms with Crippen LogP contribution in [0.3, 0.4) is 0 Å². The van der Waals surface area contributed by atoms with Gasteiger partial charge in [-0.2, -0.15) is 13.7 Å². The minimum Gasteiger partial charge on any atom is -1.00 e.